The Morgan fingerprint density at radius 1 is 1.25 bits per heavy atom. The molecule has 2 atom stereocenters. The Kier molecular flexibility index (Phi) is 5.21. The third-order valence-electron chi connectivity index (χ3n) is 4.94. The predicted molar refractivity (Wildman–Crippen MR) is 105 cm³/mol. The molecule has 2 aromatic rings. The van der Waals surface area contributed by atoms with E-state index in [4.69, 9.17) is 11.6 Å². The predicted octanol–water partition coefficient (Wildman–Crippen LogP) is 2.89. The number of alkyl halides is 2. The number of benzene rings is 1. The fourth-order valence-corrected chi connectivity index (χ4v) is 3.55. The molecule has 1 aromatic heterocycles. The van der Waals surface area contributed by atoms with Gasteiger partial charge in [-0.1, -0.05) is 24.2 Å². The molecule has 9 nitrogen and oxygen atoms in total. The number of hydrogen-bond donors (Lipinski definition) is 2. The van der Waals surface area contributed by atoms with Crippen molar-refractivity contribution < 1.29 is 37.7 Å². The average molecular weight is 466 g/mol. The van der Waals surface area contributed by atoms with Crippen LogP contribution in [0.4, 0.5) is 13.6 Å². The van der Waals surface area contributed by atoms with Gasteiger partial charge in [-0.25, -0.2) is 19.5 Å². The van der Waals surface area contributed by atoms with Crippen molar-refractivity contribution in [3.8, 4) is 11.5 Å². The van der Waals surface area contributed by atoms with Gasteiger partial charge in [0.1, 0.15) is 5.15 Å². The summed E-state index contributed by atoms with van der Waals surface area (Å²) in [5.41, 5.74) is 0.724. The van der Waals surface area contributed by atoms with Crippen LogP contribution in [0.3, 0.4) is 0 Å². The van der Waals surface area contributed by atoms with Gasteiger partial charge >= 0.3 is 18.3 Å². The van der Waals surface area contributed by atoms with Crippen LogP contribution in [0.15, 0.2) is 43.1 Å². The van der Waals surface area contributed by atoms with Crippen LogP contribution < -0.4 is 14.8 Å². The van der Waals surface area contributed by atoms with Crippen molar-refractivity contribution in [2.24, 2.45) is 5.92 Å². The molecule has 12 heteroatoms. The third kappa shape index (κ3) is 3.94. The first-order valence-corrected chi connectivity index (χ1v) is 9.50. The zero-order valence-electron chi connectivity index (χ0n) is 16.0. The first kappa shape index (κ1) is 21.5. The molecule has 1 fully saturated rings. The minimum Gasteiger partial charge on any atom is -0.480 e. The molecule has 3 heterocycles. The van der Waals surface area contributed by atoms with Crippen LogP contribution in [-0.2, 0) is 16.0 Å². The number of carboxylic acid groups (broad SMARTS) is 1. The van der Waals surface area contributed by atoms with Gasteiger partial charge in [-0.3, -0.25) is 4.79 Å². The number of carboxylic acids is 1. The summed E-state index contributed by atoms with van der Waals surface area (Å²) in [5.74, 6) is -3.47. The van der Waals surface area contributed by atoms with E-state index in [0.29, 0.717) is 10.5 Å². The van der Waals surface area contributed by atoms with Crippen molar-refractivity contribution in [2.75, 3.05) is 0 Å². The van der Waals surface area contributed by atoms with Gasteiger partial charge in [-0.15, -0.1) is 8.78 Å². The van der Waals surface area contributed by atoms with Crippen molar-refractivity contribution in [1.29, 1.82) is 0 Å². The highest BCUT2D eigenvalue weighted by atomic mass is 35.5. The van der Waals surface area contributed by atoms with Gasteiger partial charge in [0, 0.05) is 17.5 Å². The third-order valence-corrected chi connectivity index (χ3v) is 5.16. The molecule has 2 N–H and O–H groups in total. The normalized spacial score (nSPS) is 20.5. The van der Waals surface area contributed by atoms with Crippen LogP contribution in [0.25, 0.3) is 5.70 Å². The van der Waals surface area contributed by atoms with E-state index in [2.05, 4.69) is 26.4 Å². The highest BCUT2D eigenvalue weighted by Gasteiger charge is 2.54. The first-order chi connectivity index (χ1) is 15.1. The fraction of sp³-hybridized carbons (Fsp3) is 0.200. The highest BCUT2D eigenvalue weighted by Crippen LogP contribution is 2.42. The second-order valence-electron chi connectivity index (χ2n) is 7.03. The maximum absolute atomic E-state index is 13.2. The smallest absolute Gasteiger partial charge is 0.480 e. The van der Waals surface area contributed by atoms with E-state index >= 15 is 0 Å². The lowest BCUT2D eigenvalue weighted by Crippen LogP contribution is -2.68. The Morgan fingerprint density at radius 2 is 1.97 bits per heavy atom. The lowest BCUT2D eigenvalue weighted by molar-refractivity contribution is -0.286. The summed E-state index contributed by atoms with van der Waals surface area (Å²) in [5, 5.41) is 12.1. The minimum absolute atomic E-state index is 0.0566. The van der Waals surface area contributed by atoms with Crippen molar-refractivity contribution >= 4 is 35.2 Å². The fourth-order valence-electron chi connectivity index (χ4n) is 3.44. The number of carbonyl (C=O) groups excluding carboxylic acids is 2. The van der Waals surface area contributed by atoms with Gasteiger partial charge in [0.2, 0.25) is 5.91 Å². The lowest BCUT2D eigenvalue weighted by atomic mass is 9.83. The zero-order valence-corrected chi connectivity index (χ0v) is 16.8. The number of nitrogens with zero attached hydrogens (tertiary/aromatic N) is 2. The maximum atomic E-state index is 13.2. The number of pyridine rings is 1. The zero-order chi connectivity index (χ0) is 23.2. The second-order valence-corrected chi connectivity index (χ2v) is 7.42. The van der Waals surface area contributed by atoms with Gasteiger partial charge in [0.15, 0.2) is 17.5 Å². The largest absolute Gasteiger partial charge is 0.586 e. The Labute approximate surface area is 184 Å². The van der Waals surface area contributed by atoms with Gasteiger partial charge in [-0.2, -0.15) is 0 Å². The molecule has 1 aromatic carbocycles. The molecule has 0 radical (unpaired) electrons. The molecule has 0 aliphatic carbocycles. The minimum atomic E-state index is -3.81. The van der Waals surface area contributed by atoms with Crippen LogP contribution in [-0.4, -0.2) is 45.2 Å². The molecule has 1 saturated heterocycles. The molecule has 0 saturated carbocycles. The summed E-state index contributed by atoms with van der Waals surface area (Å²) < 4.78 is 35.0. The number of nitrogens with one attached hydrogen (secondary N) is 1. The number of rotatable bonds is 5. The molecule has 4 rings (SSSR count). The van der Waals surface area contributed by atoms with E-state index in [9.17, 15) is 28.3 Å². The maximum Gasteiger partial charge on any atom is 0.586 e. The van der Waals surface area contributed by atoms with Crippen LogP contribution in [0.1, 0.15) is 11.1 Å². The number of ether oxygens (including phenoxy) is 2. The van der Waals surface area contributed by atoms with E-state index < -0.39 is 36.2 Å². The number of aromatic nitrogens is 1. The van der Waals surface area contributed by atoms with Gasteiger partial charge < -0.3 is 19.9 Å². The average Bonchev–Trinajstić information content (AvgIpc) is 3.03. The molecule has 32 heavy (non-hydrogen) atoms. The monoisotopic (exact) mass is 465 g/mol. The Hall–Kier alpha value is -3.73. The summed E-state index contributed by atoms with van der Waals surface area (Å²) in [6.07, 6.45) is -2.33. The summed E-state index contributed by atoms with van der Waals surface area (Å²) >= 11 is 5.72. The topological polar surface area (TPSA) is 118 Å². The number of urea groups is 1. The number of aliphatic carboxylic acids is 1. The number of hydrogen-bond acceptors (Lipinski definition) is 6. The number of carbonyl (C=O) groups is 3. The molecule has 2 aliphatic rings. The molecule has 2 aliphatic heterocycles. The van der Waals surface area contributed by atoms with Crippen molar-refractivity contribution in [3.05, 3.63) is 59.4 Å². The van der Waals surface area contributed by atoms with Crippen molar-refractivity contribution in [3.63, 3.8) is 0 Å². The highest BCUT2D eigenvalue weighted by molar-refractivity contribution is 6.29. The summed E-state index contributed by atoms with van der Waals surface area (Å²) in [6, 6.07) is 4.41. The first-order valence-electron chi connectivity index (χ1n) is 9.12. The summed E-state index contributed by atoms with van der Waals surface area (Å²) in [6.45, 7) is 3.64. The number of fused-ring (bicyclic) bond motifs is 1. The van der Waals surface area contributed by atoms with Crippen LogP contribution in [0.5, 0.6) is 11.5 Å². The molecule has 166 valence electrons. The standard InChI is InChI=1S/C20H14ClF2N3O6/c1-9(11-3-4-13-14(7-11)32-20(22,23)31-13)25-19(30)26-16(18(28)29)12(17(26)27)6-10-2-5-15(21)24-8-10/h2-5,7-8,12,16H,1,6H2,(H,25,30)(H,28,29)/t12-,16+/m1/s1. The van der Waals surface area contributed by atoms with Crippen molar-refractivity contribution in [1.82, 2.24) is 15.2 Å². The SMILES string of the molecule is C=C(NC(=O)N1C(=O)[C@H](Cc2ccc(Cl)nc2)[C@H]1C(=O)O)c1ccc2c(c1)OC(F)(F)O2. The Bertz CT molecular complexity index is 1140. The lowest BCUT2D eigenvalue weighted by Gasteiger charge is -2.42. The number of imide groups is 1. The molecule has 0 spiro atoms. The van der Waals surface area contributed by atoms with E-state index in [1.807, 2.05) is 0 Å². The summed E-state index contributed by atoms with van der Waals surface area (Å²) in [7, 11) is 0. The second kappa shape index (κ2) is 7.75. The summed E-state index contributed by atoms with van der Waals surface area (Å²) in [4.78, 5) is 41.3. The Balaban J connectivity index is 1.45. The van der Waals surface area contributed by atoms with E-state index in [-0.39, 0.29) is 34.3 Å². The Morgan fingerprint density at radius 3 is 2.62 bits per heavy atom. The van der Waals surface area contributed by atoms with Gasteiger partial charge in [-0.05, 0) is 36.2 Å². The molecule has 3 amide bonds. The van der Waals surface area contributed by atoms with E-state index in [0.717, 1.165) is 0 Å². The quantitative estimate of drug-likeness (QED) is 0.515. The number of β-lactam (4-membered cyclic amide) rings is 1. The van der Waals surface area contributed by atoms with Crippen molar-refractivity contribution in [2.45, 2.75) is 18.8 Å². The van der Waals surface area contributed by atoms with Gasteiger partial charge in [0.25, 0.3) is 0 Å². The van der Waals surface area contributed by atoms with Crippen LogP contribution in [0, 0.1) is 5.92 Å². The van der Waals surface area contributed by atoms with Gasteiger partial charge in [0.05, 0.1) is 5.92 Å². The number of likely N-dealkylation sites (tertiary alicyclic amines) is 1. The van der Waals surface area contributed by atoms with Crippen LogP contribution >= 0.6 is 11.6 Å². The molecular formula is C20H14ClF2N3O6. The van der Waals surface area contributed by atoms with Crippen LogP contribution in [0.2, 0.25) is 5.15 Å². The molecule has 0 unspecified atom stereocenters. The van der Waals surface area contributed by atoms with E-state index in [1.165, 1.54) is 30.5 Å². The molecule has 0 bridgehead atoms. The number of amides is 3. The number of halogens is 3. The molecular weight excluding hydrogens is 452 g/mol. The van der Waals surface area contributed by atoms with E-state index in [1.54, 1.807) is 6.07 Å².